The second-order valence-corrected chi connectivity index (χ2v) is 6.71. The van der Waals surface area contributed by atoms with Gasteiger partial charge in [0.1, 0.15) is 11.5 Å². The number of rotatable bonds is 5. The van der Waals surface area contributed by atoms with Crippen molar-refractivity contribution in [2.24, 2.45) is 10.2 Å². The zero-order valence-corrected chi connectivity index (χ0v) is 16.7. The van der Waals surface area contributed by atoms with Crippen LogP contribution in [-0.4, -0.2) is 28.1 Å². The third-order valence-corrected chi connectivity index (χ3v) is 4.86. The van der Waals surface area contributed by atoms with Gasteiger partial charge in [-0.15, -0.1) is 16.4 Å². The lowest BCUT2D eigenvalue weighted by Crippen LogP contribution is -2.16. The molecule has 0 saturated heterocycles. The summed E-state index contributed by atoms with van der Waals surface area (Å²) in [6, 6.07) is 20.8. The number of phenolic OH excluding ortho intramolecular Hbond substituents is 1. The summed E-state index contributed by atoms with van der Waals surface area (Å²) >= 11 is 1.53. The van der Waals surface area contributed by atoms with Gasteiger partial charge in [0.25, 0.3) is 0 Å². The van der Waals surface area contributed by atoms with Crippen molar-refractivity contribution in [3.8, 4) is 17.0 Å². The summed E-state index contributed by atoms with van der Waals surface area (Å²) in [6.07, 6.45) is 3.34. The monoisotopic (exact) mass is 407 g/mol. The number of phenols is 1. The molecule has 7 heteroatoms. The van der Waals surface area contributed by atoms with E-state index in [1.165, 1.54) is 11.3 Å². The highest BCUT2D eigenvalue weighted by atomic mass is 32.1. The highest BCUT2D eigenvalue weighted by Crippen LogP contribution is 2.21. The molecule has 6 nitrogen and oxygen atoms in total. The van der Waals surface area contributed by atoms with Crippen LogP contribution in [0.2, 0.25) is 0 Å². The minimum atomic E-state index is 0.228. The molecule has 2 N–H and O–H groups in total. The van der Waals surface area contributed by atoms with Crippen molar-refractivity contribution < 1.29 is 14.6 Å². The molecule has 0 atom stereocenters. The van der Waals surface area contributed by atoms with E-state index in [0.717, 1.165) is 34.5 Å². The molecule has 0 saturated carbocycles. The van der Waals surface area contributed by atoms with E-state index in [9.17, 15) is 5.11 Å². The van der Waals surface area contributed by atoms with Crippen molar-refractivity contribution in [3.63, 3.8) is 0 Å². The first-order chi connectivity index (χ1) is 14.3. The van der Waals surface area contributed by atoms with E-state index in [0.29, 0.717) is 6.54 Å². The predicted molar refractivity (Wildman–Crippen MR) is 115 cm³/mol. The lowest BCUT2D eigenvalue weighted by molar-refractivity contribution is 0.399. The highest BCUT2D eigenvalue weighted by molar-refractivity contribution is 7.07. The molecule has 0 radical (unpaired) electrons. The number of aromatic nitrogens is 1. The van der Waals surface area contributed by atoms with Crippen LogP contribution in [0.15, 0.2) is 93.0 Å². The fourth-order valence-electron chi connectivity index (χ4n) is 2.67. The van der Waals surface area contributed by atoms with Crippen LogP contribution in [0.4, 0.5) is 0 Å². The van der Waals surface area contributed by atoms with E-state index in [1.807, 2.05) is 30.3 Å². The summed E-state index contributed by atoms with van der Waals surface area (Å²) in [7, 11) is 1.00. The molecule has 0 unspecified atom stereocenters. The first kappa shape index (κ1) is 20.3. The standard InChI is InChI=1S/C21H17N3O2S.CH4O/c25-18-10-8-16(9-11-18)13-22-23-21-24(14-19-7-4-12-26-19)20(15-27-21)17-5-2-1-3-6-17;1-2/h1-13,15,25H,14H2;2H,1H3/b22-13+,23-21-;. The first-order valence-corrected chi connectivity index (χ1v) is 9.74. The Balaban J connectivity index is 0.00000117. The Morgan fingerprint density at radius 1 is 1.00 bits per heavy atom. The maximum Gasteiger partial charge on any atom is 0.211 e. The second kappa shape index (κ2) is 10.2. The molecular formula is C22H21N3O3S. The Labute approximate surface area is 172 Å². The van der Waals surface area contributed by atoms with Crippen molar-refractivity contribution in [1.82, 2.24) is 4.57 Å². The van der Waals surface area contributed by atoms with Gasteiger partial charge in [0.05, 0.1) is 24.7 Å². The number of hydrogen-bond acceptors (Lipinski definition) is 6. The van der Waals surface area contributed by atoms with Gasteiger partial charge in [0, 0.05) is 12.5 Å². The predicted octanol–water partition coefficient (Wildman–Crippen LogP) is 4.11. The van der Waals surface area contributed by atoms with Crippen LogP contribution in [0.5, 0.6) is 5.75 Å². The molecule has 0 aliphatic rings. The average molecular weight is 407 g/mol. The van der Waals surface area contributed by atoms with Gasteiger partial charge in [-0.25, -0.2) is 0 Å². The zero-order chi connectivity index (χ0) is 20.5. The molecule has 29 heavy (non-hydrogen) atoms. The molecule has 0 aliphatic carbocycles. The minimum Gasteiger partial charge on any atom is -0.508 e. The zero-order valence-electron chi connectivity index (χ0n) is 15.8. The van der Waals surface area contributed by atoms with Crippen molar-refractivity contribution in [3.05, 3.63) is 94.5 Å². The Hall–Kier alpha value is -3.42. The molecule has 0 aliphatic heterocycles. The van der Waals surface area contributed by atoms with E-state index in [4.69, 9.17) is 9.52 Å². The maximum atomic E-state index is 9.35. The number of nitrogens with zero attached hydrogens (tertiary/aromatic N) is 3. The SMILES string of the molecule is CO.Oc1ccc(/C=N/N=c2\scc(-c3ccccc3)n2Cc2ccco2)cc1. The number of furan rings is 1. The van der Waals surface area contributed by atoms with E-state index in [1.54, 1.807) is 36.7 Å². The van der Waals surface area contributed by atoms with E-state index in [2.05, 4.69) is 32.3 Å². The van der Waals surface area contributed by atoms with Gasteiger partial charge in [0.15, 0.2) is 0 Å². The first-order valence-electron chi connectivity index (χ1n) is 8.86. The van der Waals surface area contributed by atoms with Crippen molar-refractivity contribution in [2.75, 3.05) is 7.11 Å². The molecule has 2 heterocycles. The minimum absolute atomic E-state index is 0.228. The topological polar surface area (TPSA) is 83.3 Å². The number of thiazole rings is 1. The van der Waals surface area contributed by atoms with Crippen LogP contribution < -0.4 is 4.80 Å². The van der Waals surface area contributed by atoms with Gasteiger partial charge in [-0.3, -0.25) is 0 Å². The van der Waals surface area contributed by atoms with Crippen molar-refractivity contribution >= 4 is 17.6 Å². The highest BCUT2D eigenvalue weighted by Gasteiger charge is 2.09. The third-order valence-electron chi connectivity index (χ3n) is 4.00. The molecule has 0 fully saturated rings. The van der Waals surface area contributed by atoms with Crippen LogP contribution >= 0.6 is 11.3 Å². The Bertz CT molecular complexity index is 1100. The van der Waals surface area contributed by atoms with Gasteiger partial charge in [-0.2, -0.15) is 5.10 Å². The molecule has 4 aromatic rings. The Morgan fingerprint density at radius 3 is 2.45 bits per heavy atom. The van der Waals surface area contributed by atoms with Gasteiger partial charge < -0.3 is 19.2 Å². The molecule has 0 amide bonds. The summed E-state index contributed by atoms with van der Waals surface area (Å²) in [4.78, 5) is 0.778. The van der Waals surface area contributed by atoms with E-state index in [-0.39, 0.29) is 5.75 Å². The largest absolute Gasteiger partial charge is 0.508 e. The van der Waals surface area contributed by atoms with E-state index >= 15 is 0 Å². The number of benzene rings is 2. The summed E-state index contributed by atoms with van der Waals surface area (Å²) in [5, 5.41) is 27.0. The molecular weight excluding hydrogens is 386 g/mol. The summed E-state index contributed by atoms with van der Waals surface area (Å²) in [6.45, 7) is 0.578. The van der Waals surface area contributed by atoms with Crippen molar-refractivity contribution in [1.29, 1.82) is 0 Å². The quantitative estimate of drug-likeness (QED) is 0.386. The normalized spacial score (nSPS) is 11.4. The van der Waals surface area contributed by atoms with Crippen LogP contribution in [0.25, 0.3) is 11.3 Å². The number of hydrogen-bond donors (Lipinski definition) is 2. The fourth-order valence-corrected chi connectivity index (χ4v) is 3.53. The van der Waals surface area contributed by atoms with Gasteiger partial charge in [0.2, 0.25) is 4.80 Å². The molecule has 0 spiro atoms. The number of aliphatic hydroxyl groups excluding tert-OH is 1. The molecule has 2 aromatic heterocycles. The van der Waals surface area contributed by atoms with Gasteiger partial charge >= 0.3 is 0 Å². The molecule has 148 valence electrons. The lowest BCUT2D eigenvalue weighted by atomic mass is 10.2. The fraction of sp³-hybridized carbons (Fsp3) is 0.0909. The van der Waals surface area contributed by atoms with Crippen LogP contribution in [-0.2, 0) is 6.54 Å². The lowest BCUT2D eigenvalue weighted by Gasteiger charge is -2.07. The van der Waals surface area contributed by atoms with Crippen LogP contribution in [0.1, 0.15) is 11.3 Å². The maximum absolute atomic E-state index is 9.35. The summed E-state index contributed by atoms with van der Waals surface area (Å²) in [5.74, 6) is 1.08. The number of aromatic hydroxyl groups is 1. The van der Waals surface area contributed by atoms with Gasteiger partial charge in [-0.05, 0) is 47.5 Å². The van der Waals surface area contributed by atoms with Gasteiger partial charge in [-0.1, -0.05) is 30.3 Å². The molecule has 4 rings (SSSR count). The van der Waals surface area contributed by atoms with Crippen LogP contribution in [0.3, 0.4) is 0 Å². The van der Waals surface area contributed by atoms with E-state index < -0.39 is 0 Å². The Kier molecular flexibility index (Phi) is 7.16. The third kappa shape index (κ3) is 5.31. The summed E-state index contributed by atoms with van der Waals surface area (Å²) < 4.78 is 7.61. The summed E-state index contributed by atoms with van der Waals surface area (Å²) in [5.41, 5.74) is 3.05. The smallest absolute Gasteiger partial charge is 0.211 e. The second-order valence-electron chi connectivity index (χ2n) is 5.87. The van der Waals surface area contributed by atoms with Crippen molar-refractivity contribution in [2.45, 2.75) is 6.54 Å². The van der Waals surface area contributed by atoms with Crippen LogP contribution in [0, 0.1) is 0 Å². The molecule has 0 bridgehead atoms. The average Bonchev–Trinajstić information content (AvgIpc) is 3.42. The Morgan fingerprint density at radius 2 is 1.76 bits per heavy atom. The molecule has 2 aromatic carbocycles. The number of aliphatic hydroxyl groups is 1.